The largest absolute Gasteiger partial charge is 0.497 e. The highest BCUT2D eigenvalue weighted by Crippen LogP contribution is 2.36. The van der Waals surface area contributed by atoms with Crippen molar-refractivity contribution >= 4 is 44.2 Å². The molecule has 0 atom stereocenters. The van der Waals surface area contributed by atoms with Gasteiger partial charge in [-0.25, -0.2) is 4.98 Å². The molecule has 1 amide bonds. The van der Waals surface area contributed by atoms with E-state index in [4.69, 9.17) is 26.1 Å². The summed E-state index contributed by atoms with van der Waals surface area (Å²) in [7, 11) is 1.59. The Morgan fingerprint density at radius 2 is 1.84 bits per heavy atom. The summed E-state index contributed by atoms with van der Waals surface area (Å²) in [5.41, 5.74) is 2.83. The third-order valence-corrected chi connectivity index (χ3v) is 6.34. The van der Waals surface area contributed by atoms with Gasteiger partial charge in [-0.3, -0.25) is 9.69 Å². The van der Waals surface area contributed by atoms with Crippen LogP contribution in [0.3, 0.4) is 0 Å². The van der Waals surface area contributed by atoms with Crippen molar-refractivity contribution in [3.05, 3.63) is 82.9 Å². The third-order valence-electron chi connectivity index (χ3n) is 4.80. The Morgan fingerprint density at radius 3 is 2.58 bits per heavy atom. The first-order chi connectivity index (χ1) is 15.0. The number of anilines is 1. The molecule has 1 aromatic heterocycles. The van der Waals surface area contributed by atoms with Crippen LogP contribution in [0.2, 0.25) is 5.02 Å². The Balaban J connectivity index is 1.63. The first kappa shape index (κ1) is 21.2. The molecule has 0 aliphatic heterocycles. The maximum absolute atomic E-state index is 13.2. The third kappa shape index (κ3) is 4.81. The van der Waals surface area contributed by atoms with Crippen LogP contribution in [0, 0.1) is 6.92 Å². The van der Waals surface area contributed by atoms with Crippen LogP contribution >= 0.6 is 22.9 Å². The number of amides is 1. The van der Waals surface area contributed by atoms with Crippen LogP contribution in [0.5, 0.6) is 11.5 Å². The molecule has 0 saturated heterocycles. The van der Waals surface area contributed by atoms with Gasteiger partial charge in [0.1, 0.15) is 11.5 Å². The number of thiazole rings is 1. The molecule has 31 heavy (non-hydrogen) atoms. The zero-order valence-electron chi connectivity index (χ0n) is 17.2. The van der Waals surface area contributed by atoms with Gasteiger partial charge in [-0.05, 0) is 36.2 Å². The van der Waals surface area contributed by atoms with E-state index in [1.54, 1.807) is 24.1 Å². The molecule has 4 aromatic rings. The molecule has 0 spiro atoms. The van der Waals surface area contributed by atoms with E-state index in [9.17, 15) is 4.79 Å². The zero-order valence-corrected chi connectivity index (χ0v) is 18.7. The first-order valence-corrected chi connectivity index (χ1v) is 10.9. The molecule has 7 heteroatoms. The molecule has 0 aliphatic rings. The fourth-order valence-electron chi connectivity index (χ4n) is 3.15. The Bertz CT molecular complexity index is 1170. The number of halogens is 1. The lowest BCUT2D eigenvalue weighted by atomic mass is 10.2. The van der Waals surface area contributed by atoms with E-state index < -0.39 is 0 Å². The summed E-state index contributed by atoms with van der Waals surface area (Å²) in [6.07, 6.45) is 0. The Kier molecular flexibility index (Phi) is 6.39. The number of fused-ring (bicyclic) bond motifs is 1. The number of hydrogen-bond acceptors (Lipinski definition) is 5. The summed E-state index contributed by atoms with van der Waals surface area (Å²) < 4.78 is 11.8. The van der Waals surface area contributed by atoms with Gasteiger partial charge in [0.2, 0.25) is 0 Å². The lowest BCUT2D eigenvalue weighted by Gasteiger charge is -2.20. The van der Waals surface area contributed by atoms with Gasteiger partial charge < -0.3 is 9.47 Å². The summed E-state index contributed by atoms with van der Waals surface area (Å²) in [6.45, 7) is 2.25. The Morgan fingerprint density at radius 1 is 1.06 bits per heavy atom. The quantitative estimate of drug-likeness (QED) is 0.351. The van der Waals surface area contributed by atoms with E-state index in [0.29, 0.717) is 28.2 Å². The topological polar surface area (TPSA) is 51.7 Å². The second-order valence-electron chi connectivity index (χ2n) is 6.97. The van der Waals surface area contributed by atoms with Crippen LogP contribution in [0.4, 0.5) is 5.13 Å². The van der Waals surface area contributed by atoms with Crippen LogP contribution in [0.25, 0.3) is 10.2 Å². The van der Waals surface area contributed by atoms with Crippen molar-refractivity contribution in [2.45, 2.75) is 13.5 Å². The van der Waals surface area contributed by atoms with E-state index >= 15 is 0 Å². The van der Waals surface area contributed by atoms with Crippen molar-refractivity contribution < 1.29 is 14.3 Å². The van der Waals surface area contributed by atoms with Gasteiger partial charge in [0.15, 0.2) is 11.7 Å². The normalized spacial score (nSPS) is 10.8. The first-order valence-electron chi connectivity index (χ1n) is 9.72. The highest BCUT2D eigenvalue weighted by molar-refractivity contribution is 7.23. The SMILES string of the molecule is COc1cccc(OCC(=O)N(Cc2ccccc2)c2nc3c(C)ccc(Cl)c3s2)c1. The average Bonchev–Trinajstić information content (AvgIpc) is 3.26. The second kappa shape index (κ2) is 9.37. The molecular formula is C24H21ClN2O3S. The van der Waals surface area contributed by atoms with E-state index in [-0.39, 0.29) is 12.5 Å². The number of nitrogens with zero attached hydrogens (tertiary/aromatic N) is 2. The predicted octanol–water partition coefficient (Wildman–Crippen LogP) is 5.88. The molecule has 0 fully saturated rings. The number of methoxy groups -OCH3 is 1. The molecule has 0 N–H and O–H groups in total. The summed E-state index contributed by atoms with van der Waals surface area (Å²) in [5, 5.41) is 1.22. The fraction of sp³-hybridized carbons (Fsp3) is 0.167. The highest BCUT2D eigenvalue weighted by Gasteiger charge is 2.22. The standard InChI is InChI=1S/C24H21ClN2O3S/c1-16-11-12-20(25)23-22(16)26-24(31-23)27(14-17-7-4-3-5-8-17)21(28)15-30-19-10-6-9-18(13-19)29-2/h3-13H,14-15H2,1-2H3. The van der Waals surface area contributed by atoms with E-state index in [2.05, 4.69) is 0 Å². The van der Waals surface area contributed by atoms with E-state index in [1.807, 2.05) is 61.5 Å². The fourth-order valence-corrected chi connectivity index (χ4v) is 4.48. The van der Waals surface area contributed by atoms with Crippen molar-refractivity contribution in [3.63, 3.8) is 0 Å². The molecule has 0 radical (unpaired) electrons. The van der Waals surface area contributed by atoms with Crippen LogP contribution in [-0.2, 0) is 11.3 Å². The molecule has 0 unspecified atom stereocenters. The van der Waals surface area contributed by atoms with Crippen molar-refractivity contribution in [3.8, 4) is 11.5 Å². The molecule has 0 bridgehead atoms. The van der Waals surface area contributed by atoms with E-state index in [1.165, 1.54) is 11.3 Å². The maximum Gasteiger partial charge on any atom is 0.267 e. The van der Waals surface area contributed by atoms with Crippen LogP contribution in [0.1, 0.15) is 11.1 Å². The summed E-state index contributed by atoms with van der Waals surface area (Å²) >= 11 is 7.79. The van der Waals surface area contributed by atoms with Gasteiger partial charge in [-0.15, -0.1) is 0 Å². The van der Waals surface area contributed by atoms with Gasteiger partial charge in [0.05, 0.1) is 28.9 Å². The van der Waals surface area contributed by atoms with Crippen molar-refractivity contribution in [2.75, 3.05) is 18.6 Å². The number of ether oxygens (including phenoxy) is 2. The van der Waals surface area contributed by atoms with Gasteiger partial charge >= 0.3 is 0 Å². The van der Waals surface area contributed by atoms with Crippen LogP contribution in [-0.4, -0.2) is 24.6 Å². The minimum Gasteiger partial charge on any atom is -0.497 e. The van der Waals surface area contributed by atoms with Gasteiger partial charge in [0.25, 0.3) is 5.91 Å². The average molecular weight is 453 g/mol. The maximum atomic E-state index is 13.2. The number of aryl methyl sites for hydroxylation is 1. The number of carbonyl (C=O) groups excluding carboxylic acids is 1. The molecule has 0 aliphatic carbocycles. The van der Waals surface area contributed by atoms with Crippen molar-refractivity contribution in [1.82, 2.24) is 4.98 Å². The Labute approximate surface area is 189 Å². The van der Waals surface area contributed by atoms with Gasteiger partial charge in [-0.2, -0.15) is 0 Å². The monoisotopic (exact) mass is 452 g/mol. The highest BCUT2D eigenvalue weighted by atomic mass is 35.5. The van der Waals surface area contributed by atoms with E-state index in [0.717, 1.165) is 21.3 Å². The van der Waals surface area contributed by atoms with Crippen molar-refractivity contribution in [2.24, 2.45) is 0 Å². The van der Waals surface area contributed by atoms with Crippen LogP contribution < -0.4 is 14.4 Å². The lowest BCUT2D eigenvalue weighted by Crippen LogP contribution is -2.34. The summed E-state index contributed by atoms with van der Waals surface area (Å²) in [5.74, 6) is 1.04. The minimum atomic E-state index is -0.195. The molecule has 1 heterocycles. The molecule has 3 aromatic carbocycles. The minimum absolute atomic E-state index is 0.122. The van der Waals surface area contributed by atoms with Gasteiger partial charge in [0, 0.05) is 6.07 Å². The molecule has 0 saturated carbocycles. The van der Waals surface area contributed by atoms with Crippen molar-refractivity contribution in [1.29, 1.82) is 0 Å². The predicted molar refractivity (Wildman–Crippen MR) is 125 cm³/mol. The van der Waals surface area contributed by atoms with Crippen LogP contribution in [0.15, 0.2) is 66.7 Å². The molecule has 158 valence electrons. The summed E-state index contributed by atoms with van der Waals surface area (Å²) in [4.78, 5) is 19.6. The number of hydrogen-bond donors (Lipinski definition) is 0. The number of rotatable bonds is 7. The second-order valence-corrected chi connectivity index (χ2v) is 8.36. The number of aromatic nitrogens is 1. The molecular weight excluding hydrogens is 432 g/mol. The number of benzene rings is 3. The summed E-state index contributed by atoms with van der Waals surface area (Å²) in [6, 6.07) is 20.8. The van der Waals surface area contributed by atoms with Gasteiger partial charge in [-0.1, -0.05) is 65.4 Å². The molecule has 4 rings (SSSR count). The zero-order chi connectivity index (χ0) is 21.8. The lowest BCUT2D eigenvalue weighted by molar-refractivity contribution is -0.120. The Hall–Kier alpha value is -3.09. The molecule has 5 nitrogen and oxygen atoms in total. The number of carbonyl (C=O) groups is 1. The smallest absolute Gasteiger partial charge is 0.267 e.